The van der Waals surface area contributed by atoms with Crippen molar-refractivity contribution < 1.29 is 36.9 Å². The van der Waals surface area contributed by atoms with E-state index >= 15 is 0 Å². The largest absolute Gasteiger partial charge is 0.492 e. The Labute approximate surface area is 232 Å². The van der Waals surface area contributed by atoms with Crippen LogP contribution in [-0.2, 0) is 22.4 Å². The molecule has 1 aromatic heterocycles. The van der Waals surface area contributed by atoms with Crippen molar-refractivity contribution in [1.29, 1.82) is 0 Å². The normalized spacial score (nSPS) is 16.8. The number of halogens is 3. The molecule has 0 bridgehead atoms. The number of alkyl halides is 3. The van der Waals surface area contributed by atoms with E-state index in [0.29, 0.717) is 54.2 Å². The number of benzene rings is 2. The molecule has 3 aromatic rings. The molecule has 0 spiro atoms. The van der Waals surface area contributed by atoms with Crippen molar-refractivity contribution in [3.05, 3.63) is 53.2 Å². The zero-order valence-corrected chi connectivity index (χ0v) is 24.4. The summed E-state index contributed by atoms with van der Waals surface area (Å²) in [4.78, 5) is 13.6. The molecule has 1 N–H and O–H groups in total. The third kappa shape index (κ3) is 7.35. The average molecular weight is 580 g/mol. The van der Waals surface area contributed by atoms with E-state index in [1.165, 1.54) is 13.2 Å². The van der Waals surface area contributed by atoms with E-state index in [2.05, 4.69) is 30.1 Å². The molecule has 8 nitrogen and oxygen atoms in total. The van der Waals surface area contributed by atoms with Crippen LogP contribution in [0.15, 0.2) is 36.5 Å². The van der Waals surface area contributed by atoms with Crippen LogP contribution in [0.2, 0.25) is 25.7 Å². The number of nitrogens with zero attached hydrogens (tertiary/aromatic N) is 2. The molecule has 1 aliphatic heterocycles. The lowest BCUT2D eigenvalue weighted by Crippen LogP contribution is -2.27. The Morgan fingerprint density at radius 3 is 2.70 bits per heavy atom. The van der Waals surface area contributed by atoms with E-state index in [1.54, 1.807) is 29.9 Å². The molecule has 218 valence electrons. The highest BCUT2D eigenvalue weighted by atomic mass is 28.3. The van der Waals surface area contributed by atoms with Crippen LogP contribution in [0.5, 0.6) is 11.5 Å². The van der Waals surface area contributed by atoms with Gasteiger partial charge in [-0.05, 0) is 36.7 Å². The van der Waals surface area contributed by atoms with Gasteiger partial charge in [0.2, 0.25) is 0 Å². The number of amides is 1. The van der Waals surface area contributed by atoms with Gasteiger partial charge in [0.1, 0.15) is 18.4 Å². The molecule has 2 heterocycles. The minimum atomic E-state index is -4.48. The first-order valence-electron chi connectivity index (χ1n) is 13.2. The number of rotatable bonds is 11. The minimum Gasteiger partial charge on any atom is -0.492 e. The molecule has 1 fully saturated rings. The van der Waals surface area contributed by atoms with Crippen LogP contribution in [0.3, 0.4) is 0 Å². The summed E-state index contributed by atoms with van der Waals surface area (Å²) in [6.45, 7) is 10.2. The van der Waals surface area contributed by atoms with Gasteiger partial charge in [-0.3, -0.25) is 4.79 Å². The van der Waals surface area contributed by atoms with Crippen molar-refractivity contribution in [2.75, 3.05) is 26.9 Å². The molecular weight excluding hydrogens is 543 g/mol. The molecule has 0 unspecified atom stereocenters. The van der Waals surface area contributed by atoms with Gasteiger partial charge in [0.25, 0.3) is 5.91 Å². The quantitative estimate of drug-likeness (QED) is 0.221. The third-order valence-corrected chi connectivity index (χ3v) is 8.38. The maximum atomic E-state index is 13.6. The Balaban J connectivity index is 1.65. The van der Waals surface area contributed by atoms with Gasteiger partial charge in [-0.2, -0.15) is 18.3 Å². The summed E-state index contributed by atoms with van der Waals surface area (Å²) < 4.78 is 64.5. The van der Waals surface area contributed by atoms with E-state index < -0.39 is 31.8 Å². The van der Waals surface area contributed by atoms with Crippen molar-refractivity contribution >= 4 is 24.9 Å². The Bertz CT molecular complexity index is 1330. The van der Waals surface area contributed by atoms with Crippen LogP contribution in [0, 0.1) is 0 Å². The summed E-state index contributed by atoms with van der Waals surface area (Å²) >= 11 is 0. The van der Waals surface area contributed by atoms with Gasteiger partial charge >= 0.3 is 6.18 Å². The molecule has 0 saturated carbocycles. The van der Waals surface area contributed by atoms with Gasteiger partial charge in [0, 0.05) is 27.3 Å². The van der Waals surface area contributed by atoms with E-state index in [1.807, 2.05) is 0 Å². The van der Waals surface area contributed by atoms with Crippen LogP contribution in [0.1, 0.15) is 40.9 Å². The minimum absolute atomic E-state index is 0.191. The Kier molecular flexibility index (Phi) is 9.11. The highest BCUT2D eigenvalue weighted by Gasteiger charge is 2.31. The lowest BCUT2D eigenvalue weighted by atomic mass is 10.0. The topological polar surface area (TPSA) is 83.8 Å². The summed E-state index contributed by atoms with van der Waals surface area (Å²) in [7, 11) is 0.252. The van der Waals surface area contributed by atoms with Gasteiger partial charge < -0.3 is 24.3 Å². The summed E-state index contributed by atoms with van der Waals surface area (Å²) in [6, 6.07) is 6.77. The Hall–Kier alpha value is -3.09. The molecule has 1 amide bonds. The average Bonchev–Trinajstić information content (AvgIpc) is 3.55. The monoisotopic (exact) mass is 579 g/mol. The molecule has 1 aliphatic rings. The number of carbonyl (C=O) groups is 1. The van der Waals surface area contributed by atoms with Crippen LogP contribution in [0.25, 0.3) is 10.9 Å². The number of carbonyl (C=O) groups excluding carboxylic acids is 1. The molecule has 40 heavy (non-hydrogen) atoms. The summed E-state index contributed by atoms with van der Waals surface area (Å²) in [5.74, 6) is 0.286. The smallest absolute Gasteiger partial charge is 0.416 e. The first kappa shape index (κ1) is 29.9. The van der Waals surface area contributed by atoms with Crippen LogP contribution in [-0.4, -0.2) is 56.8 Å². The number of ether oxygens (including phenoxy) is 4. The van der Waals surface area contributed by atoms with Gasteiger partial charge in [-0.25, -0.2) is 4.68 Å². The number of fused-ring (bicyclic) bond motifs is 1. The van der Waals surface area contributed by atoms with Gasteiger partial charge in [-0.1, -0.05) is 31.8 Å². The van der Waals surface area contributed by atoms with Crippen molar-refractivity contribution in [3.8, 4) is 11.5 Å². The van der Waals surface area contributed by atoms with E-state index in [4.69, 9.17) is 18.9 Å². The third-order valence-electron chi connectivity index (χ3n) is 6.67. The van der Waals surface area contributed by atoms with Gasteiger partial charge in [0.05, 0.1) is 42.9 Å². The zero-order chi connectivity index (χ0) is 29.1. The molecule has 1 saturated heterocycles. The Morgan fingerprint density at radius 2 is 2.05 bits per heavy atom. The fourth-order valence-corrected chi connectivity index (χ4v) is 5.14. The van der Waals surface area contributed by atoms with Crippen molar-refractivity contribution in [3.63, 3.8) is 0 Å². The highest BCUT2D eigenvalue weighted by molar-refractivity contribution is 6.76. The SMILES string of the molecule is COc1c(O[C@H]2CCOC2)cc(C(=O)N[C@H](C)c2cccc(C(F)(F)F)c2)c2nn(COCC[Si](C)(C)C)cc12. The number of hydrogen-bond donors (Lipinski definition) is 1. The Morgan fingerprint density at radius 1 is 1.27 bits per heavy atom. The molecule has 2 aromatic carbocycles. The summed E-state index contributed by atoms with van der Waals surface area (Å²) in [5, 5.41) is 7.99. The second kappa shape index (κ2) is 12.2. The van der Waals surface area contributed by atoms with Crippen LogP contribution >= 0.6 is 0 Å². The summed E-state index contributed by atoms with van der Waals surface area (Å²) in [5.41, 5.74) is 0.132. The predicted molar refractivity (Wildman–Crippen MR) is 148 cm³/mol. The molecule has 12 heteroatoms. The summed E-state index contributed by atoms with van der Waals surface area (Å²) in [6.07, 6.45) is -2.25. The lowest BCUT2D eigenvalue weighted by Gasteiger charge is -2.19. The first-order chi connectivity index (χ1) is 18.9. The van der Waals surface area contributed by atoms with Gasteiger partial charge in [0.15, 0.2) is 11.5 Å². The number of nitrogens with one attached hydrogen (secondary N) is 1. The number of aromatic nitrogens is 2. The van der Waals surface area contributed by atoms with Gasteiger partial charge in [-0.15, -0.1) is 0 Å². The van der Waals surface area contributed by atoms with E-state index in [9.17, 15) is 18.0 Å². The molecule has 0 aliphatic carbocycles. The number of hydrogen-bond acceptors (Lipinski definition) is 6. The standard InChI is InChI=1S/C28H36F3N3O5Si/c1-18(19-7-6-8-20(13-19)28(29,30)31)32-27(35)22-14-24(39-21-9-10-37-16-21)26(36-2)23-15-34(33-25(22)23)17-38-11-12-40(3,4)5/h6-8,13-15,18,21H,9-12,16-17H2,1-5H3,(H,32,35)/t18-,21+/m1/s1. The van der Waals surface area contributed by atoms with E-state index in [0.717, 1.165) is 18.2 Å². The van der Waals surface area contributed by atoms with Crippen molar-refractivity contribution in [1.82, 2.24) is 15.1 Å². The van der Waals surface area contributed by atoms with Crippen molar-refractivity contribution in [2.45, 2.75) is 64.1 Å². The lowest BCUT2D eigenvalue weighted by molar-refractivity contribution is -0.137. The molecule has 0 radical (unpaired) electrons. The molecular formula is C28H36F3N3O5Si. The highest BCUT2D eigenvalue weighted by Crippen LogP contribution is 2.39. The maximum absolute atomic E-state index is 13.6. The van der Waals surface area contributed by atoms with Crippen LogP contribution < -0.4 is 14.8 Å². The zero-order valence-electron chi connectivity index (χ0n) is 23.4. The second-order valence-corrected chi connectivity index (χ2v) is 16.8. The fourth-order valence-electron chi connectivity index (χ4n) is 4.39. The fraction of sp³-hybridized carbons (Fsp3) is 0.500. The number of methoxy groups -OCH3 is 1. The maximum Gasteiger partial charge on any atom is 0.416 e. The molecule has 2 atom stereocenters. The first-order valence-corrected chi connectivity index (χ1v) is 16.9. The van der Waals surface area contributed by atoms with Crippen LogP contribution in [0.4, 0.5) is 13.2 Å². The molecule has 4 rings (SSSR count). The second-order valence-electron chi connectivity index (χ2n) is 11.2. The van der Waals surface area contributed by atoms with E-state index in [-0.39, 0.29) is 18.4 Å². The van der Waals surface area contributed by atoms with Crippen molar-refractivity contribution in [2.24, 2.45) is 0 Å². The predicted octanol–water partition coefficient (Wildman–Crippen LogP) is 6.03.